The van der Waals surface area contributed by atoms with Gasteiger partial charge >= 0.3 is 0 Å². The van der Waals surface area contributed by atoms with E-state index in [1.54, 1.807) is 29.8 Å². The van der Waals surface area contributed by atoms with E-state index in [9.17, 15) is 9.59 Å². The Bertz CT molecular complexity index is 1010. The second kappa shape index (κ2) is 7.79. The van der Waals surface area contributed by atoms with Gasteiger partial charge in [0.05, 0.1) is 14.2 Å². The van der Waals surface area contributed by atoms with E-state index >= 15 is 0 Å². The molecule has 9 heteroatoms. The van der Waals surface area contributed by atoms with Gasteiger partial charge in [-0.05, 0) is 17.9 Å². The Morgan fingerprint density at radius 3 is 2.77 bits per heavy atom. The molecule has 0 fully saturated rings. The number of rotatable bonds is 6. The smallest absolute Gasteiger partial charge is 0.272 e. The lowest BCUT2D eigenvalue weighted by atomic mass is 10.2. The third kappa shape index (κ3) is 3.40. The fourth-order valence-electron chi connectivity index (χ4n) is 2.41. The van der Waals surface area contributed by atoms with Crippen molar-refractivity contribution in [3.63, 3.8) is 0 Å². The number of thiazole rings is 1. The number of nitrogens with zero attached hydrogens (tertiary/aromatic N) is 2. The summed E-state index contributed by atoms with van der Waals surface area (Å²) in [6.45, 7) is 1.94. The van der Waals surface area contributed by atoms with E-state index in [0.717, 1.165) is 0 Å². The number of methoxy groups -OCH3 is 2. The molecule has 3 aromatic rings. The molecule has 1 N–H and O–H groups in total. The van der Waals surface area contributed by atoms with E-state index in [-0.39, 0.29) is 11.1 Å². The molecule has 0 radical (unpaired) electrons. The lowest BCUT2D eigenvalue weighted by Crippen LogP contribution is -2.27. The molecule has 2 aromatic heterocycles. The maximum Gasteiger partial charge on any atom is 0.272 e. The molecule has 0 spiro atoms. The summed E-state index contributed by atoms with van der Waals surface area (Å²) in [5, 5.41) is 4.94. The Balaban J connectivity index is 2.01. The van der Waals surface area contributed by atoms with Crippen LogP contribution >= 0.6 is 23.1 Å². The molecular formula is C17H17N3O4S2. The van der Waals surface area contributed by atoms with Crippen LogP contribution in [0.5, 0.6) is 11.5 Å². The molecular weight excluding hydrogens is 374 g/mol. The molecule has 0 atom stereocenters. The van der Waals surface area contributed by atoms with E-state index in [1.165, 1.54) is 41.7 Å². The highest BCUT2D eigenvalue weighted by atomic mass is 32.2. The van der Waals surface area contributed by atoms with Gasteiger partial charge in [0, 0.05) is 23.3 Å². The summed E-state index contributed by atoms with van der Waals surface area (Å²) in [5.41, 5.74) is 0.141. The fraction of sp³-hybridized carbons (Fsp3) is 0.235. The summed E-state index contributed by atoms with van der Waals surface area (Å²) in [7, 11) is 3.05. The first-order valence-corrected chi connectivity index (χ1v) is 9.61. The Morgan fingerprint density at radius 2 is 2.08 bits per heavy atom. The Kier molecular flexibility index (Phi) is 5.48. The summed E-state index contributed by atoms with van der Waals surface area (Å²) in [4.78, 5) is 30.6. The van der Waals surface area contributed by atoms with Gasteiger partial charge in [0.2, 0.25) is 0 Å². The third-order valence-corrected chi connectivity index (χ3v) is 5.20. The molecule has 26 heavy (non-hydrogen) atoms. The van der Waals surface area contributed by atoms with Gasteiger partial charge in [-0.15, -0.1) is 23.1 Å². The number of thioether (sulfide) groups is 1. The van der Waals surface area contributed by atoms with Gasteiger partial charge in [-0.3, -0.25) is 14.0 Å². The van der Waals surface area contributed by atoms with E-state index in [2.05, 4.69) is 10.3 Å². The van der Waals surface area contributed by atoms with Crippen LogP contribution in [0.2, 0.25) is 0 Å². The molecule has 0 saturated heterocycles. The minimum absolute atomic E-state index is 0.0301. The minimum Gasteiger partial charge on any atom is -0.493 e. The summed E-state index contributed by atoms with van der Waals surface area (Å²) < 4.78 is 11.8. The zero-order valence-corrected chi connectivity index (χ0v) is 16.1. The second-order valence-corrected chi connectivity index (χ2v) is 7.24. The van der Waals surface area contributed by atoms with Crippen molar-refractivity contribution in [2.75, 3.05) is 25.3 Å². The highest BCUT2D eigenvalue weighted by Gasteiger charge is 2.21. The van der Waals surface area contributed by atoms with Crippen LogP contribution in [0.1, 0.15) is 17.3 Å². The predicted octanol–water partition coefficient (Wildman–Crippen LogP) is 3.14. The first-order chi connectivity index (χ1) is 12.6. The van der Waals surface area contributed by atoms with Crippen LogP contribution in [0.3, 0.4) is 0 Å². The van der Waals surface area contributed by atoms with E-state index < -0.39 is 5.91 Å². The van der Waals surface area contributed by atoms with Gasteiger partial charge in [-0.2, -0.15) is 0 Å². The molecule has 2 heterocycles. The minimum atomic E-state index is -0.508. The largest absolute Gasteiger partial charge is 0.493 e. The number of hydrogen-bond acceptors (Lipinski definition) is 7. The van der Waals surface area contributed by atoms with Crippen molar-refractivity contribution in [3.05, 3.63) is 45.7 Å². The standard InChI is InChI=1S/C17H17N3O4S2/c1-4-25-15-13(16(22)20-7-8-26-17(20)19-15)14(21)18-10-5-6-11(23-2)12(9-10)24-3/h5-9H,4H2,1-3H3,(H,18,21). The lowest BCUT2D eigenvalue weighted by Gasteiger charge is -2.11. The maximum atomic E-state index is 12.8. The van der Waals surface area contributed by atoms with Crippen LogP contribution in [0, 0.1) is 0 Å². The highest BCUT2D eigenvalue weighted by Crippen LogP contribution is 2.30. The zero-order chi connectivity index (χ0) is 18.7. The van der Waals surface area contributed by atoms with Gasteiger partial charge in [0.25, 0.3) is 11.5 Å². The highest BCUT2D eigenvalue weighted by molar-refractivity contribution is 7.99. The van der Waals surface area contributed by atoms with Crippen molar-refractivity contribution in [1.82, 2.24) is 9.38 Å². The zero-order valence-electron chi connectivity index (χ0n) is 14.4. The lowest BCUT2D eigenvalue weighted by molar-refractivity contribution is 0.102. The monoisotopic (exact) mass is 391 g/mol. The number of amides is 1. The normalized spacial score (nSPS) is 10.7. The summed E-state index contributed by atoms with van der Waals surface area (Å²) in [6, 6.07) is 5.00. The average Bonchev–Trinajstić information content (AvgIpc) is 3.10. The second-order valence-electron chi connectivity index (χ2n) is 5.11. The Hall–Kier alpha value is -2.52. The van der Waals surface area contributed by atoms with Gasteiger partial charge in [-0.1, -0.05) is 6.92 Å². The Morgan fingerprint density at radius 1 is 1.31 bits per heavy atom. The molecule has 0 aliphatic rings. The number of carbonyl (C=O) groups is 1. The van der Waals surface area contributed by atoms with Crippen molar-refractivity contribution < 1.29 is 14.3 Å². The van der Waals surface area contributed by atoms with Crippen LogP contribution in [0.25, 0.3) is 4.96 Å². The molecule has 1 aromatic carbocycles. The first kappa shape index (κ1) is 18.3. The summed E-state index contributed by atoms with van der Waals surface area (Å²) in [6.07, 6.45) is 1.61. The van der Waals surface area contributed by atoms with Crippen molar-refractivity contribution in [3.8, 4) is 11.5 Å². The first-order valence-electron chi connectivity index (χ1n) is 7.75. The third-order valence-electron chi connectivity index (χ3n) is 3.58. The quantitative estimate of drug-likeness (QED) is 0.514. The number of hydrogen-bond donors (Lipinski definition) is 1. The maximum absolute atomic E-state index is 12.8. The van der Waals surface area contributed by atoms with Crippen LogP contribution < -0.4 is 20.3 Å². The average molecular weight is 391 g/mol. The molecule has 1 amide bonds. The molecule has 7 nitrogen and oxygen atoms in total. The number of aromatic nitrogens is 2. The fourth-order valence-corrected chi connectivity index (χ4v) is 3.92. The van der Waals surface area contributed by atoms with Crippen molar-refractivity contribution in [1.29, 1.82) is 0 Å². The number of benzene rings is 1. The van der Waals surface area contributed by atoms with Gasteiger partial charge in [0.15, 0.2) is 16.5 Å². The number of ether oxygens (including phenoxy) is 2. The number of carbonyl (C=O) groups excluding carboxylic acids is 1. The van der Waals surface area contributed by atoms with E-state index in [1.807, 2.05) is 6.92 Å². The van der Waals surface area contributed by atoms with Crippen LogP contribution in [0.4, 0.5) is 5.69 Å². The van der Waals surface area contributed by atoms with Crippen LogP contribution in [-0.2, 0) is 0 Å². The van der Waals surface area contributed by atoms with Crippen molar-refractivity contribution >= 4 is 39.7 Å². The van der Waals surface area contributed by atoms with Gasteiger partial charge in [0.1, 0.15) is 10.6 Å². The number of anilines is 1. The molecule has 0 bridgehead atoms. The SMILES string of the molecule is CCSc1nc2sccn2c(=O)c1C(=O)Nc1ccc(OC)c(OC)c1. The topological polar surface area (TPSA) is 81.9 Å². The van der Waals surface area contributed by atoms with E-state index in [4.69, 9.17) is 9.47 Å². The number of fused-ring (bicyclic) bond motifs is 1. The van der Waals surface area contributed by atoms with Crippen LogP contribution in [-0.4, -0.2) is 35.3 Å². The number of nitrogens with one attached hydrogen (secondary N) is 1. The van der Waals surface area contributed by atoms with Gasteiger partial charge in [-0.25, -0.2) is 4.98 Å². The Labute approximate surface area is 158 Å². The summed E-state index contributed by atoms with van der Waals surface area (Å²) in [5.74, 6) is 1.22. The summed E-state index contributed by atoms with van der Waals surface area (Å²) >= 11 is 2.71. The van der Waals surface area contributed by atoms with Crippen LogP contribution in [0.15, 0.2) is 39.6 Å². The molecule has 0 unspecified atom stereocenters. The van der Waals surface area contributed by atoms with E-state index in [0.29, 0.717) is 32.9 Å². The van der Waals surface area contributed by atoms with Gasteiger partial charge < -0.3 is 14.8 Å². The molecule has 136 valence electrons. The van der Waals surface area contributed by atoms with Crippen molar-refractivity contribution in [2.24, 2.45) is 0 Å². The molecule has 0 saturated carbocycles. The van der Waals surface area contributed by atoms with Crippen molar-refractivity contribution in [2.45, 2.75) is 11.9 Å². The molecule has 0 aliphatic carbocycles. The molecule has 0 aliphatic heterocycles. The molecule has 3 rings (SSSR count). The predicted molar refractivity (Wildman–Crippen MR) is 103 cm³/mol.